The molecule has 3 aliphatic carbocycles. The van der Waals surface area contributed by atoms with Crippen LogP contribution in [0.2, 0.25) is 0 Å². The number of benzene rings is 1. The summed E-state index contributed by atoms with van der Waals surface area (Å²) in [5.74, 6) is 1.61. The van der Waals surface area contributed by atoms with Gasteiger partial charge in [-0.25, -0.2) is 0 Å². The lowest BCUT2D eigenvalue weighted by molar-refractivity contribution is -0.133. The van der Waals surface area contributed by atoms with Gasteiger partial charge in [-0.05, 0) is 60.8 Å². The number of hydrogen-bond donors (Lipinski definition) is 2. The van der Waals surface area contributed by atoms with E-state index in [4.69, 9.17) is 0 Å². The van der Waals surface area contributed by atoms with E-state index >= 15 is 0 Å². The second kappa shape index (κ2) is 4.33. The summed E-state index contributed by atoms with van der Waals surface area (Å²) in [5, 5.41) is 20.4. The zero-order valence-electron chi connectivity index (χ0n) is 12.4. The van der Waals surface area contributed by atoms with Crippen LogP contribution in [0.5, 0.6) is 5.75 Å². The molecule has 21 heavy (non-hydrogen) atoms. The van der Waals surface area contributed by atoms with Crippen LogP contribution in [0.1, 0.15) is 49.7 Å². The minimum absolute atomic E-state index is 0.137. The average Bonchev–Trinajstić information content (AvgIpc) is 2.74. The maximum Gasteiger partial charge on any atom is 0.139 e. The summed E-state index contributed by atoms with van der Waals surface area (Å²) in [6.45, 7) is 2.07. The van der Waals surface area contributed by atoms with Crippen molar-refractivity contribution in [2.45, 2.75) is 51.0 Å². The number of carbonyl (C=O) groups excluding carboxylic acids is 1. The average molecular weight is 286 g/mol. The van der Waals surface area contributed by atoms with Crippen molar-refractivity contribution in [3.05, 3.63) is 29.3 Å². The van der Waals surface area contributed by atoms with Gasteiger partial charge in [-0.2, -0.15) is 0 Å². The molecule has 4 rings (SSSR count). The first kappa shape index (κ1) is 13.3. The topological polar surface area (TPSA) is 57.5 Å². The molecule has 0 spiro atoms. The fourth-order valence-electron chi connectivity index (χ4n) is 5.42. The first-order chi connectivity index (χ1) is 10.0. The SMILES string of the molecule is C[C@]12C[C@@H](O)[C@@H]3c4ccc(O)cc4CC[C@@H]3[C@@H]1CCC2=O. The number of carbonyl (C=O) groups is 1. The smallest absolute Gasteiger partial charge is 0.139 e. The minimum Gasteiger partial charge on any atom is -0.508 e. The standard InChI is InChI=1S/C18H22O3/c1-18-9-15(20)17-12-5-3-11(19)8-10(12)2-4-13(17)14(18)6-7-16(18)21/h3,5,8,13-15,17,19-20H,2,4,6-7,9H2,1H3/t13-,14+,15-,17-,18+/m1/s1. The van der Waals surface area contributed by atoms with Gasteiger partial charge in [-0.1, -0.05) is 13.0 Å². The number of phenolic OH excluding ortho intramolecular Hbond substituents is 1. The molecule has 3 aliphatic rings. The molecule has 0 heterocycles. The number of hydrogen-bond acceptors (Lipinski definition) is 3. The maximum absolute atomic E-state index is 12.3. The lowest BCUT2D eigenvalue weighted by Crippen LogP contribution is -2.48. The largest absolute Gasteiger partial charge is 0.508 e. The highest BCUT2D eigenvalue weighted by Gasteiger charge is 2.57. The van der Waals surface area contributed by atoms with Gasteiger partial charge in [-0.15, -0.1) is 0 Å². The molecular weight excluding hydrogens is 264 g/mol. The lowest BCUT2D eigenvalue weighted by atomic mass is 9.54. The van der Waals surface area contributed by atoms with E-state index < -0.39 is 6.10 Å². The van der Waals surface area contributed by atoms with Gasteiger partial charge in [0, 0.05) is 17.8 Å². The molecule has 3 heteroatoms. The van der Waals surface area contributed by atoms with Gasteiger partial charge in [0.25, 0.3) is 0 Å². The number of fused-ring (bicyclic) bond motifs is 5. The zero-order valence-corrected chi connectivity index (χ0v) is 12.4. The number of aliphatic hydroxyl groups is 1. The predicted molar refractivity (Wildman–Crippen MR) is 79.1 cm³/mol. The van der Waals surface area contributed by atoms with Gasteiger partial charge in [0.15, 0.2) is 0 Å². The van der Waals surface area contributed by atoms with Crippen LogP contribution in [-0.4, -0.2) is 22.1 Å². The van der Waals surface area contributed by atoms with Gasteiger partial charge in [0.1, 0.15) is 11.5 Å². The Morgan fingerprint density at radius 3 is 2.86 bits per heavy atom. The molecule has 0 aliphatic heterocycles. The van der Waals surface area contributed by atoms with E-state index in [9.17, 15) is 15.0 Å². The number of aromatic hydroxyl groups is 1. The Kier molecular flexibility index (Phi) is 2.74. The summed E-state index contributed by atoms with van der Waals surface area (Å²) in [5.41, 5.74) is 2.05. The van der Waals surface area contributed by atoms with E-state index in [-0.39, 0.29) is 11.3 Å². The van der Waals surface area contributed by atoms with Crippen LogP contribution in [0.4, 0.5) is 0 Å². The first-order valence-electron chi connectivity index (χ1n) is 8.04. The van der Waals surface area contributed by atoms with Gasteiger partial charge < -0.3 is 10.2 Å². The molecule has 2 saturated carbocycles. The van der Waals surface area contributed by atoms with Gasteiger partial charge >= 0.3 is 0 Å². The number of aliphatic hydroxyl groups excluding tert-OH is 1. The van der Waals surface area contributed by atoms with Crippen molar-refractivity contribution in [2.24, 2.45) is 17.3 Å². The van der Waals surface area contributed by atoms with E-state index in [1.165, 1.54) is 11.1 Å². The van der Waals surface area contributed by atoms with E-state index in [2.05, 4.69) is 6.92 Å². The highest BCUT2D eigenvalue weighted by atomic mass is 16.3. The first-order valence-corrected chi connectivity index (χ1v) is 8.04. The molecule has 3 nitrogen and oxygen atoms in total. The van der Waals surface area contributed by atoms with Crippen LogP contribution >= 0.6 is 0 Å². The van der Waals surface area contributed by atoms with Crippen molar-refractivity contribution in [1.29, 1.82) is 0 Å². The van der Waals surface area contributed by atoms with Crippen LogP contribution in [0.3, 0.4) is 0 Å². The van der Waals surface area contributed by atoms with E-state index in [1.807, 2.05) is 12.1 Å². The van der Waals surface area contributed by atoms with Crippen molar-refractivity contribution in [1.82, 2.24) is 0 Å². The molecule has 0 saturated heterocycles. The highest BCUT2D eigenvalue weighted by Crippen LogP contribution is 2.59. The highest BCUT2D eigenvalue weighted by molar-refractivity contribution is 5.87. The molecule has 2 fully saturated rings. The molecule has 1 aromatic carbocycles. The number of ketones is 1. The quantitative estimate of drug-likeness (QED) is 0.771. The molecule has 112 valence electrons. The Hall–Kier alpha value is -1.35. The summed E-state index contributed by atoms with van der Waals surface area (Å²) < 4.78 is 0. The molecule has 0 bridgehead atoms. The number of rotatable bonds is 0. The van der Waals surface area contributed by atoms with Gasteiger partial charge in [0.05, 0.1) is 6.10 Å². The van der Waals surface area contributed by atoms with Crippen LogP contribution in [-0.2, 0) is 11.2 Å². The number of aryl methyl sites for hydroxylation is 1. The predicted octanol–water partition coefficient (Wildman–Crippen LogP) is 2.79. The summed E-state index contributed by atoms with van der Waals surface area (Å²) in [6.07, 6.45) is 3.78. The second-order valence-corrected chi connectivity index (χ2v) is 7.37. The van der Waals surface area contributed by atoms with Gasteiger partial charge in [0.2, 0.25) is 0 Å². The molecule has 1 aromatic rings. The Morgan fingerprint density at radius 1 is 1.24 bits per heavy atom. The van der Waals surface area contributed by atoms with Crippen molar-refractivity contribution in [2.75, 3.05) is 0 Å². The number of phenols is 1. The fourth-order valence-corrected chi connectivity index (χ4v) is 5.42. The van der Waals surface area contributed by atoms with E-state index in [0.29, 0.717) is 36.2 Å². The molecule has 0 radical (unpaired) electrons. The van der Waals surface area contributed by atoms with E-state index in [1.54, 1.807) is 6.07 Å². The second-order valence-electron chi connectivity index (χ2n) is 7.37. The Balaban J connectivity index is 1.78. The molecule has 0 unspecified atom stereocenters. The molecular formula is C18H22O3. The molecule has 0 aromatic heterocycles. The Labute approximate surface area is 125 Å². The molecule has 0 amide bonds. The van der Waals surface area contributed by atoms with Gasteiger partial charge in [-0.3, -0.25) is 4.79 Å². The third-order valence-electron chi connectivity index (χ3n) is 6.40. The van der Waals surface area contributed by atoms with Crippen LogP contribution in [0.25, 0.3) is 0 Å². The zero-order chi connectivity index (χ0) is 14.8. The third-order valence-corrected chi connectivity index (χ3v) is 6.40. The summed E-state index contributed by atoms with van der Waals surface area (Å²) >= 11 is 0. The fraction of sp³-hybridized carbons (Fsp3) is 0.611. The monoisotopic (exact) mass is 286 g/mol. The van der Waals surface area contributed by atoms with Crippen molar-refractivity contribution in [3.8, 4) is 5.75 Å². The lowest BCUT2D eigenvalue weighted by Gasteiger charge is -2.50. The number of Topliss-reactive ketones (excluding diaryl/α,β-unsaturated/α-hetero) is 1. The Morgan fingerprint density at radius 2 is 2.05 bits per heavy atom. The summed E-state index contributed by atoms with van der Waals surface area (Å²) in [4.78, 5) is 12.3. The van der Waals surface area contributed by atoms with Crippen molar-refractivity contribution in [3.63, 3.8) is 0 Å². The van der Waals surface area contributed by atoms with Crippen LogP contribution < -0.4 is 0 Å². The Bertz CT molecular complexity index is 608. The third kappa shape index (κ3) is 1.73. The van der Waals surface area contributed by atoms with Crippen molar-refractivity contribution < 1.29 is 15.0 Å². The summed E-state index contributed by atoms with van der Waals surface area (Å²) in [6, 6.07) is 5.54. The minimum atomic E-state index is -0.443. The van der Waals surface area contributed by atoms with Crippen molar-refractivity contribution >= 4 is 5.78 Å². The van der Waals surface area contributed by atoms with Crippen LogP contribution in [0, 0.1) is 17.3 Å². The normalized spacial score (nSPS) is 41.3. The summed E-state index contributed by atoms with van der Waals surface area (Å²) in [7, 11) is 0. The molecule has 5 atom stereocenters. The van der Waals surface area contributed by atoms with Crippen LogP contribution in [0.15, 0.2) is 18.2 Å². The van der Waals surface area contributed by atoms with E-state index in [0.717, 1.165) is 19.3 Å². The maximum atomic E-state index is 12.3. The molecule has 2 N–H and O–H groups in total.